The van der Waals surface area contributed by atoms with Crippen LogP contribution < -0.4 is 0 Å². The van der Waals surface area contributed by atoms with Crippen LogP contribution in [0.15, 0.2) is 95.6 Å². The quantitative estimate of drug-likeness (QED) is 0.121. The van der Waals surface area contributed by atoms with Crippen molar-refractivity contribution in [2.45, 2.75) is 105 Å². The Balaban J connectivity index is 1.36. The fraction of sp³-hybridized carbons (Fsp3) is 0.391. The summed E-state index contributed by atoms with van der Waals surface area (Å²) < 4.78 is 0. The van der Waals surface area contributed by atoms with E-state index in [1.54, 1.807) is 22.3 Å². The highest BCUT2D eigenvalue weighted by Gasteiger charge is 2.64. The molecule has 0 spiro atoms. The molecule has 4 aromatic heterocycles. The molecule has 252 valence electrons. The van der Waals surface area contributed by atoms with Crippen LogP contribution in [-0.4, -0.2) is 19.9 Å². The lowest BCUT2D eigenvalue weighted by molar-refractivity contribution is 0.222. The average molecular weight is 657 g/mol. The van der Waals surface area contributed by atoms with Gasteiger partial charge < -0.3 is 0 Å². The van der Waals surface area contributed by atoms with Crippen molar-refractivity contribution in [3.8, 4) is 0 Å². The van der Waals surface area contributed by atoms with E-state index in [9.17, 15) is 0 Å². The summed E-state index contributed by atoms with van der Waals surface area (Å²) in [5.74, 6) is 0. The maximum Gasteiger partial charge on any atom is 0.0967 e. The summed E-state index contributed by atoms with van der Waals surface area (Å²) in [6.45, 7) is 29.7. The summed E-state index contributed by atoms with van der Waals surface area (Å²) in [7, 11) is 0. The lowest BCUT2D eigenvalue weighted by Gasteiger charge is -2.61. The molecule has 0 aliphatic heterocycles. The summed E-state index contributed by atoms with van der Waals surface area (Å²) in [6, 6.07) is 17.4. The van der Waals surface area contributed by atoms with E-state index < -0.39 is 0 Å². The van der Waals surface area contributed by atoms with Crippen molar-refractivity contribution in [1.29, 1.82) is 0 Å². The van der Waals surface area contributed by atoms with Crippen LogP contribution in [0.4, 0.5) is 0 Å². The Morgan fingerprint density at radius 3 is 0.720 bits per heavy atom. The maximum atomic E-state index is 4.93. The van der Waals surface area contributed by atoms with E-state index in [0.29, 0.717) is 0 Å². The van der Waals surface area contributed by atoms with Crippen LogP contribution in [0.25, 0.3) is 43.6 Å². The van der Waals surface area contributed by atoms with Crippen molar-refractivity contribution in [2.75, 3.05) is 0 Å². The highest BCUT2D eigenvalue weighted by atomic mass is 14.8. The van der Waals surface area contributed by atoms with Gasteiger partial charge in [0.15, 0.2) is 0 Å². The van der Waals surface area contributed by atoms with Crippen LogP contribution in [0, 0.1) is 10.8 Å². The molecule has 6 aromatic rings. The van der Waals surface area contributed by atoms with Gasteiger partial charge in [-0.05, 0) is 68.8 Å². The second-order valence-corrected chi connectivity index (χ2v) is 18.3. The first kappa shape index (κ1) is 31.5. The van der Waals surface area contributed by atoms with Crippen LogP contribution >= 0.6 is 0 Å². The molecule has 50 heavy (non-hydrogen) atoms. The normalized spacial score (nSPS) is 22.0. The van der Waals surface area contributed by atoms with Crippen LogP contribution in [0.5, 0.6) is 0 Å². The van der Waals surface area contributed by atoms with Gasteiger partial charge in [0.05, 0.1) is 22.1 Å². The third-order valence-electron chi connectivity index (χ3n) is 13.3. The molecule has 1 fully saturated rings. The number of aromatic nitrogens is 4. The number of fused-ring (bicyclic) bond motifs is 12. The van der Waals surface area contributed by atoms with Gasteiger partial charge in [-0.25, -0.2) is 0 Å². The first-order valence-electron chi connectivity index (χ1n) is 18.2. The van der Waals surface area contributed by atoms with Crippen molar-refractivity contribution in [2.24, 2.45) is 10.8 Å². The topological polar surface area (TPSA) is 51.6 Å². The number of rotatable bonds is 0. The molecule has 2 aromatic carbocycles. The molecule has 4 heterocycles. The molecule has 0 amide bonds. The second-order valence-electron chi connectivity index (χ2n) is 18.3. The standard InChI is InChI=1S/C46H48N4/c1-41(2)29-25-17-13-21-47-33(25)34-26(18-14-22-48-34)30(29)42(3,4)37(41)39-45(9,10)40(46(39,11)12)38-43(5,6)31-27-19-15-23-49-35(27)36-28(20-16-24-50-36)32(31)44(38,7)8/h13-24H,1-12H3. The van der Waals surface area contributed by atoms with Crippen LogP contribution in [0.2, 0.25) is 0 Å². The number of benzene rings is 2. The third kappa shape index (κ3) is 3.43. The zero-order chi connectivity index (χ0) is 35.6. The smallest absolute Gasteiger partial charge is 0.0967 e. The first-order valence-corrected chi connectivity index (χ1v) is 18.2. The lowest BCUT2D eigenvalue weighted by atomic mass is 9.42. The van der Waals surface area contributed by atoms with Crippen LogP contribution in [0.1, 0.15) is 105 Å². The highest BCUT2D eigenvalue weighted by Crippen LogP contribution is 2.74. The van der Waals surface area contributed by atoms with Gasteiger partial charge in [-0.3, -0.25) is 19.9 Å². The molecule has 0 unspecified atom stereocenters. The highest BCUT2D eigenvalue weighted by molar-refractivity contribution is 6.10. The van der Waals surface area contributed by atoms with Gasteiger partial charge in [0.2, 0.25) is 0 Å². The fourth-order valence-corrected chi connectivity index (χ4v) is 12.6. The van der Waals surface area contributed by atoms with Crippen molar-refractivity contribution in [1.82, 2.24) is 19.9 Å². The Hall–Kier alpha value is -4.44. The fourth-order valence-electron chi connectivity index (χ4n) is 12.6. The minimum absolute atomic E-state index is 0.161. The van der Waals surface area contributed by atoms with E-state index in [4.69, 9.17) is 19.9 Å². The molecular weight excluding hydrogens is 609 g/mol. The predicted octanol–water partition coefficient (Wildman–Crippen LogP) is 11.4. The second kappa shape index (κ2) is 9.26. The Labute approximate surface area is 296 Å². The minimum Gasteiger partial charge on any atom is -0.254 e. The minimum atomic E-state index is -0.211. The largest absolute Gasteiger partial charge is 0.254 e. The molecule has 3 aliphatic carbocycles. The van der Waals surface area contributed by atoms with Crippen LogP contribution in [-0.2, 0) is 21.7 Å². The predicted molar refractivity (Wildman–Crippen MR) is 208 cm³/mol. The van der Waals surface area contributed by atoms with E-state index in [2.05, 4.69) is 132 Å². The van der Waals surface area contributed by atoms with Crippen molar-refractivity contribution >= 4 is 43.6 Å². The van der Waals surface area contributed by atoms with Crippen molar-refractivity contribution in [3.05, 3.63) is 118 Å². The molecule has 4 heteroatoms. The van der Waals surface area contributed by atoms with Gasteiger partial charge in [0, 0.05) is 78.8 Å². The SMILES string of the molecule is CC1(C)C(=C2C(C)(C)c3c(c4cccnc4c4ncccc34)C2(C)C)C(C)(C)C1=C1C(C)(C)c2c(c3cccnc3c3ncccc23)C1(C)C. The monoisotopic (exact) mass is 656 g/mol. The Bertz CT molecular complexity index is 2240. The molecular formula is C46H48N4. The molecule has 1 saturated carbocycles. The van der Waals surface area contributed by atoms with Gasteiger partial charge >= 0.3 is 0 Å². The number of nitrogens with zero attached hydrogens (tertiary/aromatic N) is 4. The number of pyridine rings is 4. The molecule has 9 rings (SSSR count). The summed E-state index contributed by atoms with van der Waals surface area (Å²) in [5, 5.41) is 4.91. The van der Waals surface area contributed by atoms with E-state index in [-0.39, 0.29) is 32.5 Å². The Kier molecular flexibility index (Phi) is 5.84. The zero-order valence-corrected chi connectivity index (χ0v) is 31.7. The summed E-state index contributed by atoms with van der Waals surface area (Å²) in [5.41, 5.74) is 14.7. The number of hydrogen-bond donors (Lipinski definition) is 0. The first-order chi connectivity index (χ1) is 23.4. The van der Waals surface area contributed by atoms with Gasteiger partial charge in [-0.2, -0.15) is 0 Å². The molecule has 0 bridgehead atoms. The molecule has 0 N–H and O–H groups in total. The van der Waals surface area contributed by atoms with Crippen LogP contribution in [0.3, 0.4) is 0 Å². The zero-order valence-electron chi connectivity index (χ0n) is 31.7. The lowest BCUT2D eigenvalue weighted by Crippen LogP contribution is -2.52. The third-order valence-corrected chi connectivity index (χ3v) is 13.3. The van der Waals surface area contributed by atoms with Crippen molar-refractivity contribution in [3.63, 3.8) is 0 Å². The number of allylic oxidation sites excluding steroid dienone is 4. The average Bonchev–Trinajstić information content (AvgIpc) is 3.33. The molecule has 0 atom stereocenters. The number of hydrogen-bond acceptors (Lipinski definition) is 4. The molecule has 0 radical (unpaired) electrons. The molecule has 0 saturated heterocycles. The Morgan fingerprint density at radius 1 is 0.300 bits per heavy atom. The van der Waals surface area contributed by atoms with Crippen molar-refractivity contribution < 1.29 is 0 Å². The summed E-state index contributed by atoms with van der Waals surface area (Å²) >= 11 is 0. The van der Waals surface area contributed by atoms with E-state index in [0.717, 1.165) is 22.1 Å². The van der Waals surface area contributed by atoms with E-state index in [1.807, 2.05) is 24.8 Å². The summed E-state index contributed by atoms with van der Waals surface area (Å²) in [4.78, 5) is 19.7. The molecule has 3 aliphatic rings. The van der Waals surface area contributed by atoms with Gasteiger partial charge in [-0.15, -0.1) is 0 Å². The van der Waals surface area contributed by atoms with Gasteiger partial charge in [0.1, 0.15) is 0 Å². The molecule has 4 nitrogen and oxygen atoms in total. The van der Waals surface area contributed by atoms with Gasteiger partial charge in [0.25, 0.3) is 0 Å². The van der Waals surface area contributed by atoms with E-state index >= 15 is 0 Å². The van der Waals surface area contributed by atoms with E-state index in [1.165, 1.54) is 43.8 Å². The Morgan fingerprint density at radius 2 is 0.500 bits per heavy atom. The summed E-state index contributed by atoms with van der Waals surface area (Å²) in [6.07, 6.45) is 7.64. The van der Waals surface area contributed by atoms with Gasteiger partial charge in [-0.1, -0.05) is 107 Å². The maximum absolute atomic E-state index is 4.93.